The van der Waals surface area contributed by atoms with Crippen LogP contribution in [0.5, 0.6) is 0 Å². The van der Waals surface area contributed by atoms with Crippen molar-refractivity contribution in [3.63, 3.8) is 0 Å². The number of sulfonamides is 1. The number of rotatable bonds is 5. The molecule has 8 heteroatoms. The van der Waals surface area contributed by atoms with E-state index in [-0.39, 0.29) is 5.92 Å². The van der Waals surface area contributed by atoms with E-state index in [0.29, 0.717) is 19.3 Å². The SMILES string of the molecule is C=CC1CC1(NC(=O)n1cccc1)C(=O)NS(=O)(=O)C1CC1. The Morgan fingerprint density at radius 1 is 1.27 bits per heavy atom. The van der Waals surface area contributed by atoms with Crippen molar-refractivity contribution in [3.05, 3.63) is 37.2 Å². The zero-order chi connectivity index (χ0) is 16.0. The molecule has 1 aromatic rings. The van der Waals surface area contributed by atoms with Gasteiger partial charge in [0.15, 0.2) is 0 Å². The van der Waals surface area contributed by atoms with Crippen LogP contribution in [0.3, 0.4) is 0 Å². The zero-order valence-electron chi connectivity index (χ0n) is 11.9. The molecular formula is C14H17N3O4S. The van der Waals surface area contributed by atoms with Gasteiger partial charge in [-0.3, -0.25) is 14.1 Å². The Hall–Kier alpha value is -2.09. The van der Waals surface area contributed by atoms with E-state index < -0.39 is 32.8 Å². The lowest BCUT2D eigenvalue weighted by Gasteiger charge is -2.18. The van der Waals surface area contributed by atoms with Gasteiger partial charge in [0.05, 0.1) is 5.25 Å². The lowest BCUT2D eigenvalue weighted by atomic mass is 10.2. The maximum absolute atomic E-state index is 12.4. The standard InChI is InChI=1S/C14H17N3O4S/c1-2-10-9-14(10,15-13(19)17-7-3-4-8-17)12(18)16-22(20,21)11-5-6-11/h2-4,7-8,10-11H,1,5-6,9H2,(H,15,19)(H,16,18). The van der Waals surface area contributed by atoms with Crippen molar-refractivity contribution in [2.24, 2.45) is 5.92 Å². The van der Waals surface area contributed by atoms with Gasteiger partial charge < -0.3 is 5.32 Å². The van der Waals surface area contributed by atoms with Gasteiger partial charge in [-0.05, 0) is 31.4 Å². The molecule has 2 unspecified atom stereocenters. The molecule has 2 N–H and O–H groups in total. The van der Waals surface area contributed by atoms with Crippen molar-refractivity contribution >= 4 is 22.0 Å². The molecular weight excluding hydrogens is 306 g/mol. The molecule has 2 atom stereocenters. The van der Waals surface area contributed by atoms with Gasteiger partial charge in [-0.2, -0.15) is 0 Å². The molecule has 2 fully saturated rings. The van der Waals surface area contributed by atoms with E-state index >= 15 is 0 Å². The maximum atomic E-state index is 12.4. The van der Waals surface area contributed by atoms with Crippen molar-refractivity contribution in [3.8, 4) is 0 Å². The smallest absolute Gasteiger partial charge is 0.322 e. The Bertz CT molecular complexity index is 721. The summed E-state index contributed by atoms with van der Waals surface area (Å²) >= 11 is 0. The minimum absolute atomic E-state index is 0.276. The number of hydrogen-bond donors (Lipinski definition) is 2. The third kappa shape index (κ3) is 2.54. The molecule has 1 heterocycles. The minimum Gasteiger partial charge on any atom is -0.322 e. The zero-order valence-corrected chi connectivity index (χ0v) is 12.7. The Kier molecular flexibility index (Phi) is 3.36. The summed E-state index contributed by atoms with van der Waals surface area (Å²) in [4.78, 5) is 24.5. The summed E-state index contributed by atoms with van der Waals surface area (Å²) in [7, 11) is -3.64. The maximum Gasteiger partial charge on any atom is 0.326 e. The average Bonchev–Trinajstić information content (AvgIpc) is 3.36. The van der Waals surface area contributed by atoms with Crippen LogP contribution in [-0.2, 0) is 14.8 Å². The normalized spacial score (nSPS) is 27.0. The van der Waals surface area contributed by atoms with Crippen LogP contribution < -0.4 is 10.0 Å². The van der Waals surface area contributed by atoms with Crippen molar-refractivity contribution in [1.82, 2.24) is 14.6 Å². The molecule has 0 radical (unpaired) electrons. The number of nitrogens with zero attached hydrogens (tertiary/aromatic N) is 1. The largest absolute Gasteiger partial charge is 0.326 e. The van der Waals surface area contributed by atoms with Crippen LogP contribution in [0.2, 0.25) is 0 Å². The molecule has 118 valence electrons. The number of carbonyl (C=O) groups excluding carboxylic acids is 2. The van der Waals surface area contributed by atoms with Crippen LogP contribution in [0.25, 0.3) is 0 Å². The van der Waals surface area contributed by atoms with E-state index in [1.54, 1.807) is 30.6 Å². The summed E-state index contributed by atoms with van der Waals surface area (Å²) in [5.41, 5.74) is -1.23. The molecule has 2 amide bonds. The van der Waals surface area contributed by atoms with Gasteiger partial charge in [0.2, 0.25) is 10.0 Å². The van der Waals surface area contributed by atoms with Gasteiger partial charge in [-0.1, -0.05) is 6.08 Å². The predicted molar refractivity (Wildman–Crippen MR) is 79.5 cm³/mol. The topological polar surface area (TPSA) is 97.3 Å². The van der Waals surface area contributed by atoms with Crippen LogP contribution in [0, 0.1) is 5.92 Å². The highest BCUT2D eigenvalue weighted by Crippen LogP contribution is 2.45. The first-order valence-corrected chi connectivity index (χ1v) is 8.58. The second-order valence-corrected chi connectivity index (χ2v) is 7.67. The Morgan fingerprint density at radius 3 is 2.41 bits per heavy atom. The van der Waals surface area contributed by atoms with E-state index in [9.17, 15) is 18.0 Å². The fourth-order valence-electron chi connectivity index (χ4n) is 2.44. The lowest BCUT2D eigenvalue weighted by Crippen LogP contribution is -2.53. The summed E-state index contributed by atoms with van der Waals surface area (Å²) < 4.78 is 27.2. The number of hydrogen-bond acceptors (Lipinski definition) is 4. The highest BCUT2D eigenvalue weighted by atomic mass is 32.2. The molecule has 1 aromatic heterocycles. The fraction of sp³-hybridized carbons (Fsp3) is 0.429. The first-order chi connectivity index (χ1) is 10.4. The third-order valence-electron chi connectivity index (χ3n) is 4.07. The van der Waals surface area contributed by atoms with E-state index in [1.165, 1.54) is 4.57 Å². The highest BCUT2D eigenvalue weighted by molar-refractivity contribution is 7.90. The van der Waals surface area contributed by atoms with Crippen LogP contribution in [0.4, 0.5) is 4.79 Å². The van der Waals surface area contributed by atoms with Gasteiger partial charge in [0.1, 0.15) is 5.54 Å². The van der Waals surface area contributed by atoms with Crippen molar-refractivity contribution in [1.29, 1.82) is 0 Å². The Labute approximate surface area is 128 Å². The Balaban J connectivity index is 1.76. The number of aromatic nitrogens is 1. The van der Waals surface area contributed by atoms with Crippen molar-refractivity contribution < 1.29 is 18.0 Å². The summed E-state index contributed by atoms with van der Waals surface area (Å²) in [6.07, 6.45) is 6.13. The Morgan fingerprint density at radius 2 is 1.91 bits per heavy atom. The second kappa shape index (κ2) is 4.98. The van der Waals surface area contributed by atoms with E-state index in [4.69, 9.17) is 0 Å². The molecule has 2 aliphatic carbocycles. The van der Waals surface area contributed by atoms with E-state index in [0.717, 1.165) is 0 Å². The van der Waals surface area contributed by atoms with Crippen LogP contribution in [0.15, 0.2) is 37.2 Å². The van der Waals surface area contributed by atoms with Crippen LogP contribution in [-0.4, -0.2) is 35.7 Å². The van der Waals surface area contributed by atoms with E-state index in [1.807, 2.05) is 0 Å². The van der Waals surface area contributed by atoms with Gasteiger partial charge in [0, 0.05) is 18.3 Å². The quantitative estimate of drug-likeness (QED) is 0.775. The molecule has 0 aromatic carbocycles. The predicted octanol–water partition coefficient (Wildman–Crippen LogP) is 0.599. The molecule has 2 aliphatic rings. The molecule has 0 bridgehead atoms. The molecule has 22 heavy (non-hydrogen) atoms. The molecule has 0 spiro atoms. The minimum atomic E-state index is -3.64. The third-order valence-corrected chi connectivity index (χ3v) is 5.89. The molecule has 3 rings (SSSR count). The monoisotopic (exact) mass is 323 g/mol. The number of amides is 2. The summed E-state index contributed by atoms with van der Waals surface area (Å²) in [5.74, 6) is -0.966. The summed E-state index contributed by atoms with van der Waals surface area (Å²) in [5, 5.41) is 2.14. The first kappa shape index (κ1) is 14.8. The van der Waals surface area contributed by atoms with Crippen LogP contribution >= 0.6 is 0 Å². The van der Waals surface area contributed by atoms with Gasteiger partial charge in [-0.25, -0.2) is 13.2 Å². The van der Waals surface area contributed by atoms with Gasteiger partial charge in [-0.15, -0.1) is 6.58 Å². The first-order valence-electron chi connectivity index (χ1n) is 7.03. The molecule has 0 aliphatic heterocycles. The summed E-state index contributed by atoms with van der Waals surface area (Å²) in [6.45, 7) is 3.63. The highest BCUT2D eigenvalue weighted by Gasteiger charge is 2.61. The van der Waals surface area contributed by atoms with Crippen LogP contribution in [0.1, 0.15) is 19.3 Å². The molecule has 0 saturated heterocycles. The van der Waals surface area contributed by atoms with Crippen molar-refractivity contribution in [2.45, 2.75) is 30.1 Å². The lowest BCUT2D eigenvalue weighted by molar-refractivity contribution is -0.122. The number of nitrogens with one attached hydrogen (secondary N) is 2. The molecule has 7 nitrogen and oxygen atoms in total. The van der Waals surface area contributed by atoms with E-state index in [2.05, 4.69) is 16.6 Å². The van der Waals surface area contributed by atoms with Crippen molar-refractivity contribution in [2.75, 3.05) is 0 Å². The second-order valence-electron chi connectivity index (χ2n) is 5.71. The van der Waals surface area contributed by atoms with Gasteiger partial charge >= 0.3 is 6.03 Å². The van der Waals surface area contributed by atoms with Gasteiger partial charge in [0.25, 0.3) is 5.91 Å². The number of carbonyl (C=O) groups is 2. The summed E-state index contributed by atoms with van der Waals surface area (Å²) in [6, 6.07) is 2.89. The molecule has 2 saturated carbocycles. The fourth-order valence-corrected chi connectivity index (χ4v) is 3.81. The average molecular weight is 323 g/mol.